The molecule has 1 N–H and O–H groups in total. The summed E-state index contributed by atoms with van der Waals surface area (Å²) in [5.74, 6) is 1.57. The first-order valence-electron chi connectivity index (χ1n) is 9.56. The first-order valence-corrected chi connectivity index (χ1v) is 9.56. The highest BCUT2D eigenvalue weighted by atomic mass is 16.5. The van der Waals surface area contributed by atoms with Crippen molar-refractivity contribution in [3.8, 4) is 0 Å². The van der Waals surface area contributed by atoms with E-state index in [1.165, 1.54) is 5.52 Å². The summed E-state index contributed by atoms with van der Waals surface area (Å²) >= 11 is 0. The maximum Gasteiger partial charge on any atom is 0.236 e. The predicted molar refractivity (Wildman–Crippen MR) is 103 cm³/mol. The van der Waals surface area contributed by atoms with Gasteiger partial charge >= 0.3 is 0 Å². The maximum atomic E-state index is 12.5. The number of likely N-dealkylation sites (tertiary alicyclic amines) is 1. The fourth-order valence-corrected chi connectivity index (χ4v) is 3.79. The number of methoxy groups -OCH3 is 1. The fraction of sp³-hybridized carbons (Fsp3) is 0.600. The SMILES string of the molecule is COCCNCC(=O)N1CCCC(c2nc3ccccc3n2C(C)C)C1. The summed E-state index contributed by atoms with van der Waals surface area (Å²) in [6.07, 6.45) is 2.10. The van der Waals surface area contributed by atoms with Gasteiger partial charge in [-0.05, 0) is 38.8 Å². The summed E-state index contributed by atoms with van der Waals surface area (Å²) in [6, 6.07) is 8.65. The molecule has 1 unspecified atom stereocenters. The third-order valence-electron chi connectivity index (χ3n) is 5.04. The molecule has 1 amide bonds. The van der Waals surface area contributed by atoms with Crippen LogP contribution in [0.4, 0.5) is 0 Å². The van der Waals surface area contributed by atoms with Crippen LogP contribution in [0.15, 0.2) is 24.3 Å². The Morgan fingerprint density at radius 1 is 1.38 bits per heavy atom. The molecule has 3 rings (SSSR count). The van der Waals surface area contributed by atoms with Crippen LogP contribution in [0, 0.1) is 0 Å². The number of nitrogens with one attached hydrogen (secondary N) is 1. The summed E-state index contributed by atoms with van der Waals surface area (Å²) in [4.78, 5) is 19.4. The van der Waals surface area contributed by atoms with Gasteiger partial charge in [0.15, 0.2) is 0 Å². The molecular formula is C20H30N4O2. The highest BCUT2D eigenvalue weighted by Gasteiger charge is 2.28. The lowest BCUT2D eigenvalue weighted by Gasteiger charge is -2.33. The Morgan fingerprint density at radius 2 is 2.19 bits per heavy atom. The van der Waals surface area contributed by atoms with Crippen molar-refractivity contribution in [1.82, 2.24) is 19.8 Å². The number of carbonyl (C=O) groups is 1. The lowest BCUT2D eigenvalue weighted by atomic mass is 9.96. The van der Waals surface area contributed by atoms with E-state index in [4.69, 9.17) is 9.72 Å². The Hall–Kier alpha value is -1.92. The Morgan fingerprint density at radius 3 is 2.96 bits per heavy atom. The molecule has 142 valence electrons. The van der Waals surface area contributed by atoms with Gasteiger partial charge in [0.1, 0.15) is 5.82 Å². The number of para-hydroxylation sites is 2. The molecule has 0 spiro atoms. The number of benzene rings is 1. The van der Waals surface area contributed by atoms with Gasteiger partial charge in [0.25, 0.3) is 0 Å². The van der Waals surface area contributed by atoms with Gasteiger partial charge in [0.2, 0.25) is 5.91 Å². The van der Waals surface area contributed by atoms with Crippen LogP contribution in [0.5, 0.6) is 0 Å². The number of hydrogen-bond donors (Lipinski definition) is 1. The number of fused-ring (bicyclic) bond motifs is 1. The van der Waals surface area contributed by atoms with Gasteiger partial charge in [-0.25, -0.2) is 4.98 Å². The van der Waals surface area contributed by atoms with Crippen LogP contribution in [0.3, 0.4) is 0 Å². The van der Waals surface area contributed by atoms with Crippen molar-refractivity contribution in [2.75, 3.05) is 39.9 Å². The second kappa shape index (κ2) is 8.64. The van der Waals surface area contributed by atoms with Crippen LogP contribution in [0.2, 0.25) is 0 Å². The van der Waals surface area contributed by atoms with E-state index < -0.39 is 0 Å². The Kier molecular flexibility index (Phi) is 6.27. The predicted octanol–water partition coefficient (Wildman–Crippen LogP) is 2.56. The smallest absolute Gasteiger partial charge is 0.236 e. The molecule has 26 heavy (non-hydrogen) atoms. The summed E-state index contributed by atoms with van der Waals surface area (Å²) in [7, 11) is 1.67. The third-order valence-corrected chi connectivity index (χ3v) is 5.04. The number of amides is 1. The Labute approximate surface area is 155 Å². The molecule has 1 aliphatic rings. The molecular weight excluding hydrogens is 328 g/mol. The zero-order valence-electron chi connectivity index (χ0n) is 16.1. The minimum Gasteiger partial charge on any atom is -0.383 e. The van der Waals surface area contributed by atoms with E-state index in [1.54, 1.807) is 7.11 Å². The molecule has 2 heterocycles. The number of nitrogens with zero attached hydrogens (tertiary/aromatic N) is 3. The number of hydrogen-bond acceptors (Lipinski definition) is 4. The molecule has 1 atom stereocenters. The first-order chi connectivity index (χ1) is 12.6. The summed E-state index contributed by atoms with van der Waals surface area (Å²) in [6.45, 7) is 7.67. The molecule has 0 radical (unpaired) electrons. The van der Waals surface area contributed by atoms with Gasteiger partial charge in [-0.3, -0.25) is 4.79 Å². The molecule has 0 aliphatic carbocycles. The molecule has 1 fully saturated rings. The van der Waals surface area contributed by atoms with Gasteiger partial charge in [0, 0.05) is 38.7 Å². The van der Waals surface area contributed by atoms with E-state index in [0.717, 1.165) is 37.3 Å². The van der Waals surface area contributed by atoms with Crippen LogP contribution < -0.4 is 5.32 Å². The zero-order valence-corrected chi connectivity index (χ0v) is 16.1. The summed E-state index contributed by atoms with van der Waals surface area (Å²) in [5, 5.41) is 3.15. The number of rotatable bonds is 7. The molecule has 6 heteroatoms. The van der Waals surface area contributed by atoms with Crippen molar-refractivity contribution < 1.29 is 9.53 Å². The topological polar surface area (TPSA) is 59.4 Å². The molecule has 2 aromatic rings. The van der Waals surface area contributed by atoms with Crippen molar-refractivity contribution in [3.05, 3.63) is 30.1 Å². The van der Waals surface area contributed by atoms with Crippen LogP contribution in [0.25, 0.3) is 11.0 Å². The van der Waals surface area contributed by atoms with Crippen molar-refractivity contribution in [2.45, 2.75) is 38.6 Å². The van der Waals surface area contributed by atoms with E-state index in [9.17, 15) is 4.79 Å². The average molecular weight is 358 g/mol. The van der Waals surface area contributed by atoms with Crippen LogP contribution in [0.1, 0.15) is 44.5 Å². The molecule has 6 nitrogen and oxygen atoms in total. The van der Waals surface area contributed by atoms with Gasteiger partial charge in [0.05, 0.1) is 24.2 Å². The van der Waals surface area contributed by atoms with Gasteiger partial charge in [-0.1, -0.05) is 12.1 Å². The monoisotopic (exact) mass is 358 g/mol. The molecule has 1 aliphatic heterocycles. The van der Waals surface area contributed by atoms with Crippen molar-refractivity contribution >= 4 is 16.9 Å². The number of imidazole rings is 1. The van der Waals surface area contributed by atoms with Gasteiger partial charge < -0.3 is 19.5 Å². The van der Waals surface area contributed by atoms with E-state index in [-0.39, 0.29) is 5.91 Å². The van der Waals surface area contributed by atoms with Gasteiger partial charge in [-0.15, -0.1) is 0 Å². The van der Waals surface area contributed by atoms with Crippen molar-refractivity contribution in [2.24, 2.45) is 0 Å². The lowest BCUT2D eigenvalue weighted by molar-refractivity contribution is -0.131. The minimum absolute atomic E-state index is 0.165. The average Bonchev–Trinajstić information content (AvgIpc) is 3.05. The quantitative estimate of drug-likeness (QED) is 0.773. The Balaban J connectivity index is 1.74. The van der Waals surface area contributed by atoms with E-state index in [2.05, 4.69) is 41.9 Å². The lowest BCUT2D eigenvalue weighted by Crippen LogP contribution is -2.44. The minimum atomic E-state index is 0.165. The third kappa shape index (κ3) is 4.07. The van der Waals surface area contributed by atoms with Crippen molar-refractivity contribution in [1.29, 1.82) is 0 Å². The highest BCUT2D eigenvalue weighted by Crippen LogP contribution is 2.31. The largest absolute Gasteiger partial charge is 0.383 e. The molecule has 1 aromatic heterocycles. The van der Waals surface area contributed by atoms with Crippen molar-refractivity contribution in [3.63, 3.8) is 0 Å². The number of carbonyl (C=O) groups excluding carboxylic acids is 1. The molecule has 1 aromatic carbocycles. The summed E-state index contributed by atoms with van der Waals surface area (Å²) in [5.41, 5.74) is 2.23. The molecule has 0 bridgehead atoms. The number of aromatic nitrogens is 2. The van der Waals surface area contributed by atoms with Crippen LogP contribution >= 0.6 is 0 Å². The normalized spacial score (nSPS) is 18.0. The molecule has 1 saturated heterocycles. The second-order valence-electron chi connectivity index (χ2n) is 7.27. The number of piperidine rings is 1. The maximum absolute atomic E-state index is 12.5. The van der Waals surface area contributed by atoms with Gasteiger partial charge in [-0.2, -0.15) is 0 Å². The Bertz CT molecular complexity index is 740. The first kappa shape index (κ1) is 18.9. The van der Waals surface area contributed by atoms with Crippen LogP contribution in [-0.4, -0.2) is 60.3 Å². The van der Waals surface area contributed by atoms with E-state index in [1.807, 2.05) is 11.0 Å². The summed E-state index contributed by atoms with van der Waals surface area (Å²) < 4.78 is 7.35. The fourth-order valence-electron chi connectivity index (χ4n) is 3.79. The zero-order chi connectivity index (χ0) is 18.5. The number of ether oxygens (including phenoxy) is 1. The van der Waals surface area contributed by atoms with E-state index >= 15 is 0 Å². The molecule has 0 saturated carbocycles. The van der Waals surface area contributed by atoms with Crippen LogP contribution in [-0.2, 0) is 9.53 Å². The highest BCUT2D eigenvalue weighted by molar-refractivity contribution is 5.79. The van der Waals surface area contributed by atoms with E-state index in [0.29, 0.717) is 31.7 Å². The standard InChI is InChI=1S/C20H30N4O2/c1-15(2)24-18-9-5-4-8-17(18)22-20(24)16-7-6-11-23(14-16)19(25)13-21-10-12-26-3/h4-5,8-9,15-16,21H,6-7,10-14H2,1-3H3. The second-order valence-corrected chi connectivity index (χ2v) is 7.27.